The second kappa shape index (κ2) is 8.28. The molecule has 0 spiro atoms. The third-order valence-electron chi connectivity index (χ3n) is 5.04. The molecule has 1 aliphatic carbocycles. The molecule has 3 N–H and O–H groups in total. The number of allylic oxidation sites excluding steroid dienone is 1. The normalized spacial score (nSPS) is 12.9. The first-order valence-electron chi connectivity index (χ1n) is 9.80. The third kappa shape index (κ3) is 4.02. The molecule has 4 rings (SSSR count). The quantitative estimate of drug-likeness (QED) is 0.264. The van der Waals surface area contributed by atoms with Gasteiger partial charge in [-0.05, 0) is 73.7 Å². The van der Waals surface area contributed by atoms with Crippen LogP contribution in [0.1, 0.15) is 29.3 Å². The van der Waals surface area contributed by atoms with E-state index in [9.17, 15) is 14.7 Å². The number of aromatic amines is 1. The maximum atomic E-state index is 13.3. The van der Waals surface area contributed by atoms with E-state index in [1.54, 1.807) is 34.1 Å². The molecule has 0 atom stereocenters. The van der Waals surface area contributed by atoms with Crippen LogP contribution >= 0.6 is 23.1 Å². The number of nitrogens with zero attached hydrogens (tertiary/aromatic N) is 1. The van der Waals surface area contributed by atoms with Gasteiger partial charge < -0.3 is 10.4 Å². The van der Waals surface area contributed by atoms with Crippen LogP contribution in [-0.2, 0) is 24.2 Å². The summed E-state index contributed by atoms with van der Waals surface area (Å²) in [7, 11) is 0. The van der Waals surface area contributed by atoms with Gasteiger partial charge in [0.1, 0.15) is 17.7 Å². The van der Waals surface area contributed by atoms with Crippen LogP contribution in [-0.4, -0.2) is 21.3 Å². The first-order chi connectivity index (χ1) is 14.3. The number of aromatic nitrogens is 2. The number of hydrogen-bond acceptors (Lipinski definition) is 5. The van der Waals surface area contributed by atoms with Crippen LogP contribution in [0.3, 0.4) is 0 Å². The molecule has 156 valence electrons. The van der Waals surface area contributed by atoms with E-state index in [2.05, 4.69) is 16.9 Å². The van der Waals surface area contributed by atoms with Crippen molar-refractivity contribution in [2.24, 2.45) is 0 Å². The van der Waals surface area contributed by atoms with Crippen LogP contribution < -0.4 is 15.9 Å². The van der Waals surface area contributed by atoms with E-state index in [-0.39, 0.29) is 23.0 Å². The van der Waals surface area contributed by atoms with Crippen molar-refractivity contribution in [2.45, 2.75) is 44.8 Å². The molecule has 2 aromatic heterocycles. The third-order valence-corrected chi connectivity index (χ3v) is 7.25. The number of fused-ring (bicyclic) bond motifs is 3. The minimum absolute atomic E-state index is 0.0228. The van der Waals surface area contributed by atoms with Gasteiger partial charge in [-0.15, -0.1) is 0 Å². The lowest BCUT2D eigenvalue weighted by Crippen LogP contribution is -2.30. The Hall–Kier alpha value is -2.58. The van der Waals surface area contributed by atoms with Crippen molar-refractivity contribution in [1.82, 2.24) is 4.57 Å². The highest BCUT2D eigenvalue weighted by Gasteiger charge is 2.27. The topological polar surface area (TPSA) is 85.5 Å². The van der Waals surface area contributed by atoms with Gasteiger partial charge in [0, 0.05) is 4.88 Å². The number of nitrogens with one attached hydrogen (secondary N) is 2. The molecule has 1 aliphatic rings. The number of amides is 1. The Balaban J connectivity index is 1.61. The maximum absolute atomic E-state index is 13.3. The van der Waals surface area contributed by atoms with Gasteiger partial charge in [-0.2, -0.15) is 4.57 Å². The summed E-state index contributed by atoms with van der Waals surface area (Å²) < 4.78 is 1.68. The van der Waals surface area contributed by atoms with Crippen molar-refractivity contribution in [1.29, 1.82) is 0 Å². The average Bonchev–Trinajstić information content (AvgIpc) is 3.26. The van der Waals surface area contributed by atoms with Crippen molar-refractivity contribution in [2.75, 3.05) is 11.1 Å². The van der Waals surface area contributed by atoms with E-state index in [4.69, 9.17) is 0 Å². The van der Waals surface area contributed by atoms with Crippen LogP contribution in [0.2, 0.25) is 0 Å². The zero-order valence-corrected chi connectivity index (χ0v) is 18.6. The number of aromatic hydroxyl groups is 1. The number of H-pyrrole nitrogens is 1. The van der Waals surface area contributed by atoms with Crippen LogP contribution in [0.4, 0.5) is 5.69 Å². The molecule has 8 heteroatoms. The standard InChI is InChI=1S/C22H23N3O3S2/c1-12(2)10-25-21(28)19-14-5-4-6-17(14)30-20(19)24-22(25)29-11-18(27)23-15-9-13(3)7-8-16(15)26/h7-9,26H,1,4-6,10-11H2,2-3H3,(H,23,27)/p+1. The molecular formula is C22H24N3O3S2+. The van der Waals surface area contributed by atoms with Crippen LogP contribution in [0.15, 0.2) is 40.3 Å². The van der Waals surface area contributed by atoms with E-state index in [1.165, 1.54) is 22.2 Å². The number of hydrogen-bond donors (Lipinski definition) is 2. The molecule has 0 radical (unpaired) electrons. The predicted octanol–water partition coefficient (Wildman–Crippen LogP) is 3.69. The second-order valence-electron chi connectivity index (χ2n) is 7.70. The Labute approximate surface area is 182 Å². The molecule has 0 fully saturated rings. The molecule has 30 heavy (non-hydrogen) atoms. The minimum atomic E-state index is -0.252. The van der Waals surface area contributed by atoms with Crippen molar-refractivity contribution < 1.29 is 14.9 Å². The fraction of sp³-hybridized carbons (Fsp3) is 0.318. The molecule has 3 aromatic rings. The number of carbonyl (C=O) groups excluding carboxylic acids is 1. The van der Waals surface area contributed by atoms with Crippen molar-refractivity contribution in [3.05, 3.63) is 56.7 Å². The highest BCUT2D eigenvalue weighted by molar-refractivity contribution is 7.99. The molecule has 1 amide bonds. The highest BCUT2D eigenvalue weighted by atomic mass is 32.2. The summed E-state index contributed by atoms with van der Waals surface area (Å²) in [6, 6.07) is 5.05. The van der Waals surface area contributed by atoms with E-state index in [0.29, 0.717) is 17.4 Å². The minimum Gasteiger partial charge on any atom is -0.506 e. The van der Waals surface area contributed by atoms with Gasteiger partial charge in [-0.25, -0.2) is 9.78 Å². The number of phenolic OH excluding ortho intramolecular Hbond substituents is 1. The lowest BCUT2D eigenvalue weighted by atomic mass is 10.2. The second-order valence-corrected chi connectivity index (χ2v) is 9.77. The van der Waals surface area contributed by atoms with Gasteiger partial charge in [0.25, 0.3) is 0 Å². The monoisotopic (exact) mass is 442 g/mol. The van der Waals surface area contributed by atoms with E-state index in [1.807, 2.05) is 13.8 Å². The fourth-order valence-corrected chi connectivity index (χ4v) is 5.87. The van der Waals surface area contributed by atoms with Gasteiger partial charge in [0.05, 0.1) is 11.4 Å². The Morgan fingerprint density at radius 2 is 2.20 bits per heavy atom. The van der Waals surface area contributed by atoms with Gasteiger partial charge in [0.15, 0.2) is 4.83 Å². The Kier molecular flexibility index (Phi) is 5.71. The number of aryl methyl sites for hydroxylation is 3. The van der Waals surface area contributed by atoms with Crippen LogP contribution in [0.5, 0.6) is 5.75 Å². The molecule has 0 unspecified atom stereocenters. The average molecular weight is 443 g/mol. The van der Waals surface area contributed by atoms with Gasteiger partial charge in [-0.3, -0.25) is 4.79 Å². The Bertz CT molecular complexity index is 1230. The highest BCUT2D eigenvalue weighted by Crippen LogP contribution is 2.34. The number of thiophene rings is 1. The predicted molar refractivity (Wildman–Crippen MR) is 122 cm³/mol. The molecule has 0 bridgehead atoms. The summed E-state index contributed by atoms with van der Waals surface area (Å²) in [5, 5.41) is 14.1. The lowest BCUT2D eigenvalue weighted by molar-refractivity contribution is -0.404. The van der Waals surface area contributed by atoms with E-state index in [0.717, 1.165) is 40.6 Å². The number of rotatable bonds is 6. The number of thioether (sulfide) groups is 1. The molecule has 6 nitrogen and oxygen atoms in total. The fourth-order valence-electron chi connectivity index (χ4n) is 3.71. The summed E-state index contributed by atoms with van der Waals surface area (Å²) in [5.41, 5.74) is 3.35. The summed E-state index contributed by atoms with van der Waals surface area (Å²) in [6.45, 7) is 8.13. The summed E-state index contributed by atoms with van der Waals surface area (Å²) in [6.07, 6.45) is 3.06. The van der Waals surface area contributed by atoms with Crippen LogP contribution in [0.25, 0.3) is 10.2 Å². The van der Waals surface area contributed by atoms with Crippen LogP contribution in [0, 0.1) is 6.92 Å². The number of phenols is 1. The molecule has 0 aliphatic heterocycles. The SMILES string of the molecule is C=C(C)Cn1c(SCC(=O)Nc2cc(C)ccc2O)[nH+]c2sc3c(c2c1=O)CCC3. The first-order valence-corrected chi connectivity index (χ1v) is 11.6. The molecule has 0 saturated carbocycles. The molecular weight excluding hydrogens is 418 g/mol. The summed E-state index contributed by atoms with van der Waals surface area (Å²) >= 11 is 2.92. The van der Waals surface area contributed by atoms with Crippen molar-refractivity contribution >= 4 is 44.9 Å². The molecule has 1 aromatic carbocycles. The Morgan fingerprint density at radius 1 is 1.40 bits per heavy atom. The van der Waals surface area contributed by atoms with Gasteiger partial charge >= 0.3 is 10.7 Å². The number of carbonyl (C=O) groups is 1. The van der Waals surface area contributed by atoms with Crippen molar-refractivity contribution in [3.63, 3.8) is 0 Å². The maximum Gasteiger partial charge on any atom is 0.347 e. The van der Waals surface area contributed by atoms with E-state index >= 15 is 0 Å². The van der Waals surface area contributed by atoms with E-state index < -0.39 is 0 Å². The van der Waals surface area contributed by atoms with Gasteiger partial charge in [0.2, 0.25) is 5.91 Å². The zero-order valence-electron chi connectivity index (χ0n) is 17.0. The molecule has 2 heterocycles. The zero-order chi connectivity index (χ0) is 21.4. The molecule has 0 saturated heterocycles. The first kappa shape index (κ1) is 20.7. The Morgan fingerprint density at radius 3 is 2.97 bits per heavy atom. The largest absolute Gasteiger partial charge is 0.506 e. The summed E-state index contributed by atoms with van der Waals surface area (Å²) in [4.78, 5) is 31.3. The summed E-state index contributed by atoms with van der Waals surface area (Å²) in [5.74, 6) is -0.118. The van der Waals surface area contributed by atoms with Crippen molar-refractivity contribution in [3.8, 4) is 5.75 Å². The lowest BCUT2D eigenvalue weighted by Gasteiger charge is -2.08. The number of anilines is 1. The van der Waals surface area contributed by atoms with Gasteiger partial charge in [-0.1, -0.05) is 24.0 Å². The number of benzene rings is 1. The smallest absolute Gasteiger partial charge is 0.347 e.